The van der Waals surface area contributed by atoms with Crippen molar-refractivity contribution >= 4 is 16.5 Å². The molecule has 0 fully saturated rings. The van der Waals surface area contributed by atoms with Crippen molar-refractivity contribution in [3.05, 3.63) is 5.01 Å². The summed E-state index contributed by atoms with van der Waals surface area (Å²) in [5.41, 5.74) is 0. The highest BCUT2D eigenvalue weighted by Gasteiger charge is 2.35. The van der Waals surface area contributed by atoms with Crippen molar-refractivity contribution < 1.29 is 17.9 Å². The van der Waals surface area contributed by atoms with Crippen LogP contribution in [0.5, 0.6) is 0 Å². The molecule has 0 radical (unpaired) electrons. The number of halogens is 3. The standard InChI is InChI=1S/C9H14F3N3OS/c1-3-4-6(5-16-2)13-8-15-14-7(17-8)9(10,11)12/h6H,3-5H2,1-2H3,(H,13,15). The van der Waals surface area contributed by atoms with Gasteiger partial charge in [-0.2, -0.15) is 13.2 Å². The number of hydrogen-bond donors (Lipinski definition) is 1. The van der Waals surface area contributed by atoms with Crippen LogP contribution in [0.2, 0.25) is 0 Å². The molecule has 0 aliphatic rings. The summed E-state index contributed by atoms with van der Waals surface area (Å²) in [6, 6.07) is -0.0426. The minimum atomic E-state index is -4.43. The third-order valence-corrected chi connectivity index (χ3v) is 2.90. The third kappa shape index (κ3) is 4.47. The fraction of sp³-hybridized carbons (Fsp3) is 0.778. The molecular weight excluding hydrogens is 255 g/mol. The first-order chi connectivity index (χ1) is 7.97. The van der Waals surface area contributed by atoms with Gasteiger partial charge in [-0.25, -0.2) is 0 Å². The molecule has 1 unspecified atom stereocenters. The summed E-state index contributed by atoms with van der Waals surface area (Å²) in [6.45, 7) is 2.42. The van der Waals surface area contributed by atoms with Gasteiger partial charge in [-0.05, 0) is 6.42 Å². The van der Waals surface area contributed by atoms with E-state index in [4.69, 9.17) is 4.74 Å². The number of aromatic nitrogens is 2. The summed E-state index contributed by atoms with van der Waals surface area (Å²) in [5, 5.41) is 8.70. The lowest BCUT2D eigenvalue weighted by atomic mass is 10.2. The molecule has 0 spiro atoms. The average Bonchev–Trinajstić information content (AvgIpc) is 2.66. The van der Waals surface area contributed by atoms with Gasteiger partial charge in [-0.3, -0.25) is 0 Å². The summed E-state index contributed by atoms with van der Waals surface area (Å²) in [6.07, 6.45) is -2.72. The highest BCUT2D eigenvalue weighted by molar-refractivity contribution is 7.15. The Kier molecular flexibility index (Phi) is 5.13. The number of rotatable bonds is 6. The number of nitrogens with one attached hydrogen (secondary N) is 1. The topological polar surface area (TPSA) is 47.0 Å². The number of methoxy groups -OCH3 is 1. The summed E-state index contributed by atoms with van der Waals surface area (Å²) in [4.78, 5) is 0. The molecule has 0 aliphatic heterocycles. The number of hydrogen-bond acceptors (Lipinski definition) is 5. The Morgan fingerprint density at radius 3 is 2.59 bits per heavy atom. The summed E-state index contributed by atoms with van der Waals surface area (Å²) >= 11 is 0.506. The lowest BCUT2D eigenvalue weighted by molar-refractivity contribution is -0.138. The van der Waals surface area contributed by atoms with Gasteiger partial charge in [0.1, 0.15) is 0 Å². The zero-order chi connectivity index (χ0) is 12.9. The SMILES string of the molecule is CCCC(COC)Nc1nnc(C(F)(F)F)s1. The largest absolute Gasteiger partial charge is 0.445 e. The van der Waals surface area contributed by atoms with E-state index in [1.807, 2.05) is 6.92 Å². The molecule has 0 amide bonds. The highest BCUT2D eigenvalue weighted by atomic mass is 32.1. The molecule has 0 saturated carbocycles. The first-order valence-electron chi connectivity index (χ1n) is 5.13. The van der Waals surface area contributed by atoms with Crippen LogP contribution in [-0.2, 0) is 10.9 Å². The van der Waals surface area contributed by atoms with Gasteiger partial charge in [0.25, 0.3) is 0 Å². The molecular formula is C9H14F3N3OS. The second-order valence-corrected chi connectivity index (χ2v) is 4.47. The van der Waals surface area contributed by atoms with Crippen molar-refractivity contribution in [1.82, 2.24) is 10.2 Å². The van der Waals surface area contributed by atoms with Crippen LogP contribution in [-0.4, -0.2) is 30.0 Å². The van der Waals surface area contributed by atoms with Gasteiger partial charge in [0.15, 0.2) is 0 Å². The lowest BCUT2D eigenvalue weighted by Gasteiger charge is -2.15. The van der Waals surface area contributed by atoms with Crippen molar-refractivity contribution in [2.45, 2.75) is 32.0 Å². The second kappa shape index (κ2) is 6.15. The smallest absolute Gasteiger partial charge is 0.383 e. The van der Waals surface area contributed by atoms with E-state index in [9.17, 15) is 13.2 Å². The van der Waals surface area contributed by atoms with Crippen LogP contribution < -0.4 is 5.32 Å². The highest BCUT2D eigenvalue weighted by Crippen LogP contribution is 2.33. The number of anilines is 1. The van der Waals surface area contributed by atoms with E-state index < -0.39 is 11.2 Å². The van der Waals surface area contributed by atoms with E-state index in [1.165, 1.54) is 0 Å². The van der Waals surface area contributed by atoms with Crippen LogP contribution in [0.15, 0.2) is 0 Å². The zero-order valence-electron chi connectivity index (χ0n) is 9.54. The van der Waals surface area contributed by atoms with Crippen LogP contribution in [0.4, 0.5) is 18.3 Å². The van der Waals surface area contributed by atoms with E-state index in [1.54, 1.807) is 7.11 Å². The van der Waals surface area contributed by atoms with Gasteiger partial charge < -0.3 is 10.1 Å². The minimum absolute atomic E-state index is 0.0426. The van der Waals surface area contributed by atoms with Crippen LogP contribution in [0.1, 0.15) is 24.8 Å². The fourth-order valence-corrected chi connectivity index (χ4v) is 2.01. The van der Waals surface area contributed by atoms with Crippen molar-refractivity contribution in [1.29, 1.82) is 0 Å². The van der Waals surface area contributed by atoms with E-state index in [2.05, 4.69) is 15.5 Å². The quantitative estimate of drug-likeness (QED) is 0.862. The maximum Gasteiger partial charge on any atom is 0.445 e. The van der Waals surface area contributed by atoms with Gasteiger partial charge in [0, 0.05) is 7.11 Å². The molecule has 1 N–H and O–H groups in total. The van der Waals surface area contributed by atoms with Crippen LogP contribution in [0.3, 0.4) is 0 Å². The van der Waals surface area contributed by atoms with Gasteiger partial charge in [0.2, 0.25) is 10.1 Å². The zero-order valence-corrected chi connectivity index (χ0v) is 10.4. The maximum atomic E-state index is 12.3. The van der Waals surface area contributed by atoms with Gasteiger partial charge in [-0.1, -0.05) is 24.7 Å². The molecule has 4 nitrogen and oxygen atoms in total. The first-order valence-corrected chi connectivity index (χ1v) is 5.95. The maximum absolute atomic E-state index is 12.3. The molecule has 17 heavy (non-hydrogen) atoms. The molecule has 0 aliphatic carbocycles. The lowest BCUT2D eigenvalue weighted by Crippen LogP contribution is -2.24. The predicted molar refractivity (Wildman–Crippen MR) is 59.1 cm³/mol. The Morgan fingerprint density at radius 2 is 2.12 bits per heavy atom. The van der Waals surface area contributed by atoms with Gasteiger partial charge >= 0.3 is 6.18 Å². The molecule has 1 aromatic heterocycles. The number of alkyl halides is 3. The van der Waals surface area contributed by atoms with E-state index in [-0.39, 0.29) is 11.2 Å². The van der Waals surface area contributed by atoms with Crippen molar-refractivity contribution in [2.75, 3.05) is 19.0 Å². The Labute approximate surface area is 101 Å². The fourth-order valence-electron chi connectivity index (χ4n) is 1.32. The number of ether oxygens (including phenoxy) is 1. The Hall–Kier alpha value is -0.890. The van der Waals surface area contributed by atoms with Crippen LogP contribution in [0.25, 0.3) is 0 Å². The second-order valence-electron chi connectivity index (χ2n) is 3.50. The molecule has 1 rings (SSSR count). The Balaban J connectivity index is 2.63. The average molecular weight is 269 g/mol. The van der Waals surface area contributed by atoms with Crippen molar-refractivity contribution in [3.8, 4) is 0 Å². The van der Waals surface area contributed by atoms with E-state index in [0.717, 1.165) is 12.8 Å². The normalized spacial score (nSPS) is 13.7. The summed E-state index contributed by atoms with van der Waals surface area (Å²) < 4.78 is 41.8. The van der Waals surface area contributed by atoms with Crippen molar-refractivity contribution in [2.24, 2.45) is 0 Å². The minimum Gasteiger partial charge on any atom is -0.383 e. The van der Waals surface area contributed by atoms with Crippen molar-refractivity contribution in [3.63, 3.8) is 0 Å². The molecule has 8 heteroatoms. The molecule has 1 aromatic rings. The Bertz CT molecular complexity index is 336. The van der Waals surface area contributed by atoms with Crippen LogP contribution >= 0.6 is 11.3 Å². The first kappa shape index (κ1) is 14.2. The molecule has 1 heterocycles. The predicted octanol–water partition coefficient (Wildman–Crippen LogP) is 2.78. The van der Waals surface area contributed by atoms with Gasteiger partial charge in [-0.15, -0.1) is 10.2 Å². The third-order valence-electron chi connectivity index (χ3n) is 2.00. The molecule has 0 saturated heterocycles. The van der Waals surface area contributed by atoms with E-state index in [0.29, 0.717) is 17.9 Å². The molecule has 0 aromatic carbocycles. The summed E-state index contributed by atoms with van der Waals surface area (Å²) in [5.74, 6) is 0. The molecule has 0 bridgehead atoms. The monoisotopic (exact) mass is 269 g/mol. The van der Waals surface area contributed by atoms with Crippen LogP contribution in [0, 0.1) is 0 Å². The molecule has 1 atom stereocenters. The number of nitrogens with zero attached hydrogens (tertiary/aromatic N) is 2. The van der Waals surface area contributed by atoms with E-state index >= 15 is 0 Å². The Morgan fingerprint density at radius 1 is 1.41 bits per heavy atom. The molecule has 98 valence electrons. The summed E-state index contributed by atoms with van der Waals surface area (Å²) in [7, 11) is 1.55. The van der Waals surface area contributed by atoms with Gasteiger partial charge in [0.05, 0.1) is 12.6 Å².